The molecule has 0 aliphatic heterocycles. The van der Waals surface area contributed by atoms with Crippen LogP contribution in [0.5, 0.6) is 11.5 Å². The molecule has 0 saturated carbocycles. The SMILES string of the molecule is CCOc1cc(C=Nn2c(-c3cc4cc(Cl)ccc4o3)nc3ccccc3c2=O)c(Br)c(Cl)c1OCC(C)(C)C. The van der Waals surface area contributed by atoms with Gasteiger partial charge in [0.2, 0.25) is 5.82 Å². The Kier molecular flexibility index (Phi) is 7.95. The molecule has 0 aliphatic carbocycles. The first kappa shape index (κ1) is 28.2. The molecular weight excluding hydrogens is 617 g/mol. The van der Waals surface area contributed by atoms with Crippen LogP contribution in [0, 0.1) is 5.41 Å². The molecule has 2 heterocycles. The van der Waals surface area contributed by atoms with Crippen LogP contribution >= 0.6 is 39.1 Å². The van der Waals surface area contributed by atoms with Crippen LogP contribution in [0.3, 0.4) is 0 Å². The molecule has 206 valence electrons. The van der Waals surface area contributed by atoms with Crippen LogP contribution in [-0.2, 0) is 0 Å². The number of benzene rings is 3. The number of furan rings is 1. The number of hydrogen-bond acceptors (Lipinski definition) is 6. The normalized spacial score (nSPS) is 12.1. The largest absolute Gasteiger partial charge is 0.490 e. The lowest BCUT2D eigenvalue weighted by Crippen LogP contribution is -2.20. The predicted molar refractivity (Wildman–Crippen MR) is 164 cm³/mol. The molecule has 40 heavy (non-hydrogen) atoms. The molecule has 7 nitrogen and oxygen atoms in total. The molecule has 3 aromatic carbocycles. The van der Waals surface area contributed by atoms with E-state index in [-0.39, 0.29) is 16.8 Å². The highest BCUT2D eigenvalue weighted by Gasteiger charge is 2.21. The van der Waals surface area contributed by atoms with Crippen LogP contribution in [0.25, 0.3) is 33.5 Å². The van der Waals surface area contributed by atoms with Gasteiger partial charge in [-0.2, -0.15) is 9.78 Å². The molecule has 2 aromatic heterocycles. The Balaban J connectivity index is 1.65. The van der Waals surface area contributed by atoms with E-state index in [1.54, 1.807) is 48.5 Å². The van der Waals surface area contributed by atoms with Crippen molar-refractivity contribution < 1.29 is 13.9 Å². The van der Waals surface area contributed by atoms with Crippen molar-refractivity contribution in [2.45, 2.75) is 27.7 Å². The van der Waals surface area contributed by atoms with Gasteiger partial charge in [-0.25, -0.2) is 4.98 Å². The minimum Gasteiger partial charge on any atom is -0.490 e. The fourth-order valence-electron chi connectivity index (χ4n) is 4.02. The number of aromatic nitrogens is 2. The van der Waals surface area contributed by atoms with Gasteiger partial charge >= 0.3 is 0 Å². The van der Waals surface area contributed by atoms with E-state index in [2.05, 4.69) is 41.8 Å². The van der Waals surface area contributed by atoms with Crippen molar-refractivity contribution in [1.29, 1.82) is 0 Å². The third kappa shape index (κ3) is 5.75. The van der Waals surface area contributed by atoms with Gasteiger partial charge < -0.3 is 13.9 Å². The van der Waals surface area contributed by atoms with Crippen molar-refractivity contribution in [3.8, 4) is 23.1 Å². The van der Waals surface area contributed by atoms with Crippen LogP contribution in [0.4, 0.5) is 0 Å². The minimum atomic E-state index is -0.354. The summed E-state index contributed by atoms with van der Waals surface area (Å²) in [5.74, 6) is 1.52. The summed E-state index contributed by atoms with van der Waals surface area (Å²) >= 11 is 16.5. The number of hydrogen-bond donors (Lipinski definition) is 0. The van der Waals surface area contributed by atoms with Crippen molar-refractivity contribution in [3.05, 3.63) is 85.0 Å². The van der Waals surface area contributed by atoms with E-state index in [9.17, 15) is 4.79 Å². The van der Waals surface area contributed by atoms with E-state index in [0.717, 1.165) is 5.39 Å². The lowest BCUT2D eigenvalue weighted by Gasteiger charge is -2.22. The average molecular weight is 643 g/mol. The lowest BCUT2D eigenvalue weighted by atomic mass is 9.99. The Morgan fingerprint density at radius 1 is 1.10 bits per heavy atom. The Morgan fingerprint density at radius 3 is 2.62 bits per heavy atom. The molecule has 0 atom stereocenters. The molecule has 0 N–H and O–H groups in total. The number of halogens is 3. The van der Waals surface area contributed by atoms with Gasteiger partial charge in [-0.15, -0.1) is 0 Å². The lowest BCUT2D eigenvalue weighted by molar-refractivity contribution is 0.188. The van der Waals surface area contributed by atoms with Crippen molar-refractivity contribution in [2.75, 3.05) is 13.2 Å². The Bertz CT molecular complexity index is 1820. The highest BCUT2D eigenvalue weighted by Crippen LogP contribution is 2.43. The second kappa shape index (κ2) is 11.3. The zero-order valence-electron chi connectivity index (χ0n) is 22.3. The average Bonchev–Trinajstić information content (AvgIpc) is 3.33. The van der Waals surface area contributed by atoms with E-state index in [0.29, 0.717) is 67.0 Å². The summed E-state index contributed by atoms with van der Waals surface area (Å²) in [6, 6.07) is 15.9. The standard InChI is InChI=1S/C30H26BrCl2N3O4/c1-5-38-23-14-18(25(31)26(33)27(23)39-16-30(2,3)4)15-34-36-28(35-21-9-7-6-8-20(21)29(36)37)24-13-17-12-19(32)10-11-22(17)40-24/h6-15H,5,16H2,1-4H3. The third-order valence-corrected chi connectivity index (χ3v) is 7.55. The molecule has 0 spiro atoms. The monoisotopic (exact) mass is 641 g/mol. The summed E-state index contributed by atoms with van der Waals surface area (Å²) in [5, 5.41) is 6.67. The second-order valence-electron chi connectivity index (χ2n) is 10.3. The highest BCUT2D eigenvalue weighted by atomic mass is 79.9. The van der Waals surface area contributed by atoms with Crippen LogP contribution in [0.2, 0.25) is 10.0 Å². The van der Waals surface area contributed by atoms with Crippen molar-refractivity contribution >= 4 is 67.2 Å². The molecule has 0 amide bonds. The summed E-state index contributed by atoms with van der Waals surface area (Å²) in [6.07, 6.45) is 1.52. The molecule has 10 heteroatoms. The van der Waals surface area contributed by atoms with Gasteiger partial charge in [0.1, 0.15) is 10.6 Å². The zero-order chi connectivity index (χ0) is 28.6. The Labute approximate surface area is 249 Å². The van der Waals surface area contributed by atoms with E-state index < -0.39 is 0 Å². The number of nitrogens with zero attached hydrogens (tertiary/aromatic N) is 3. The van der Waals surface area contributed by atoms with Crippen LogP contribution in [0.1, 0.15) is 33.3 Å². The van der Waals surface area contributed by atoms with Gasteiger partial charge in [0.15, 0.2) is 17.3 Å². The summed E-state index contributed by atoms with van der Waals surface area (Å²) < 4.78 is 19.7. The minimum absolute atomic E-state index is 0.0813. The fraction of sp³-hybridized carbons (Fsp3) is 0.233. The van der Waals surface area contributed by atoms with Crippen LogP contribution in [0.15, 0.2) is 73.4 Å². The number of ether oxygens (including phenoxy) is 2. The van der Waals surface area contributed by atoms with Crippen molar-refractivity contribution in [2.24, 2.45) is 10.5 Å². The molecule has 0 saturated heterocycles. The smallest absolute Gasteiger partial charge is 0.282 e. The van der Waals surface area contributed by atoms with Crippen molar-refractivity contribution in [1.82, 2.24) is 9.66 Å². The summed E-state index contributed by atoms with van der Waals surface area (Å²) in [7, 11) is 0. The van der Waals surface area contributed by atoms with Gasteiger partial charge in [0, 0.05) is 20.4 Å². The molecule has 0 fully saturated rings. The first-order chi connectivity index (χ1) is 19.1. The maximum atomic E-state index is 13.6. The number of rotatable bonds is 7. The maximum Gasteiger partial charge on any atom is 0.282 e. The first-order valence-electron chi connectivity index (χ1n) is 12.6. The van der Waals surface area contributed by atoms with Gasteiger partial charge in [0.05, 0.1) is 30.3 Å². The Hall–Kier alpha value is -3.33. The van der Waals surface area contributed by atoms with Crippen LogP contribution in [-0.4, -0.2) is 29.1 Å². The highest BCUT2D eigenvalue weighted by molar-refractivity contribution is 9.10. The molecule has 5 rings (SSSR count). The second-order valence-corrected chi connectivity index (χ2v) is 11.9. The van der Waals surface area contributed by atoms with Gasteiger partial charge in [0.25, 0.3) is 5.56 Å². The van der Waals surface area contributed by atoms with E-state index in [4.69, 9.17) is 42.1 Å². The van der Waals surface area contributed by atoms with Gasteiger partial charge in [-0.3, -0.25) is 4.79 Å². The summed E-state index contributed by atoms with van der Waals surface area (Å²) in [5.41, 5.74) is 1.28. The number of fused-ring (bicyclic) bond motifs is 2. The molecule has 5 aromatic rings. The van der Waals surface area contributed by atoms with E-state index >= 15 is 0 Å². The third-order valence-electron chi connectivity index (χ3n) is 5.87. The first-order valence-corrected chi connectivity index (χ1v) is 14.1. The van der Waals surface area contributed by atoms with E-state index in [1.807, 2.05) is 13.0 Å². The fourth-order valence-corrected chi connectivity index (χ4v) is 4.85. The molecule has 0 bridgehead atoms. The summed E-state index contributed by atoms with van der Waals surface area (Å²) in [4.78, 5) is 18.4. The van der Waals surface area contributed by atoms with E-state index in [1.165, 1.54) is 10.9 Å². The molecule has 0 radical (unpaired) electrons. The molecule has 0 unspecified atom stereocenters. The molecular formula is C30H26BrCl2N3O4. The molecule has 0 aliphatic rings. The topological polar surface area (TPSA) is 78.9 Å². The van der Waals surface area contributed by atoms with Gasteiger partial charge in [-0.1, -0.05) is 56.1 Å². The van der Waals surface area contributed by atoms with Gasteiger partial charge in [-0.05, 0) is 70.7 Å². The number of para-hydroxylation sites is 1. The van der Waals surface area contributed by atoms with Crippen LogP contribution < -0.4 is 15.0 Å². The Morgan fingerprint density at radius 2 is 1.88 bits per heavy atom. The predicted octanol–water partition coefficient (Wildman–Crippen LogP) is 8.58. The maximum absolute atomic E-state index is 13.6. The quantitative estimate of drug-likeness (QED) is 0.166. The summed E-state index contributed by atoms with van der Waals surface area (Å²) in [6.45, 7) is 8.94. The zero-order valence-corrected chi connectivity index (χ0v) is 25.4. The van der Waals surface area contributed by atoms with Crippen molar-refractivity contribution in [3.63, 3.8) is 0 Å².